The standard InChI is InChI=1S/C22H28N4O3S.CH2O2/c1-25(2)15-19(28)24-22(17-8-4-3-5-9-17)11-13-26(14-18(22)27)21(29)16-30-20-10-6-7-12-23-20;2-1-3/h3-10,12,18,27H,11,13-16H2,1-2H3,(H,24,28);1H,(H,2,3)/t18-,22+;/m1./s1. The van der Waals surface area contributed by atoms with Crippen molar-refractivity contribution in [2.24, 2.45) is 0 Å². The normalized spacial score (nSPS) is 19.9. The molecule has 0 bridgehead atoms. The Labute approximate surface area is 197 Å². The number of likely N-dealkylation sites (N-methyl/N-ethyl adjacent to an activating group) is 1. The van der Waals surface area contributed by atoms with E-state index >= 15 is 0 Å². The highest BCUT2D eigenvalue weighted by atomic mass is 32.2. The number of hydrogen-bond donors (Lipinski definition) is 3. The molecule has 1 aliphatic rings. The second-order valence-electron chi connectivity index (χ2n) is 7.79. The third kappa shape index (κ3) is 7.55. The summed E-state index contributed by atoms with van der Waals surface area (Å²) in [4.78, 5) is 41.3. The van der Waals surface area contributed by atoms with Gasteiger partial charge in [-0.15, -0.1) is 0 Å². The smallest absolute Gasteiger partial charge is 0.290 e. The maximum absolute atomic E-state index is 12.7. The highest BCUT2D eigenvalue weighted by molar-refractivity contribution is 7.99. The first-order chi connectivity index (χ1) is 15.8. The molecule has 2 amide bonds. The van der Waals surface area contributed by atoms with Crippen molar-refractivity contribution >= 4 is 30.0 Å². The zero-order chi connectivity index (χ0) is 24.3. The largest absolute Gasteiger partial charge is 0.483 e. The summed E-state index contributed by atoms with van der Waals surface area (Å²) in [7, 11) is 3.65. The molecular formula is C23H30N4O5S. The van der Waals surface area contributed by atoms with E-state index in [2.05, 4.69) is 10.3 Å². The molecular weight excluding hydrogens is 444 g/mol. The van der Waals surface area contributed by atoms with E-state index < -0.39 is 11.6 Å². The summed E-state index contributed by atoms with van der Waals surface area (Å²) in [5, 5.41) is 21.9. The van der Waals surface area contributed by atoms with Crippen molar-refractivity contribution in [1.29, 1.82) is 0 Å². The fourth-order valence-electron chi connectivity index (χ4n) is 3.69. The van der Waals surface area contributed by atoms with Crippen LogP contribution in [-0.4, -0.2) is 88.9 Å². The number of β-amino-alcohol motifs (C(OH)–C–C–N with tert-alkyl or cyclic N) is 1. The SMILES string of the molecule is CN(C)CC(=O)N[C@]1(c2ccccc2)CCN(C(=O)CSc2ccccn2)C[C@H]1O.O=CO. The maximum Gasteiger partial charge on any atom is 0.290 e. The molecule has 1 aromatic heterocycles. The number of piperidine rings is 1. The first-order valence-corrected chi connectivity index (χ1v) is 11.4. The van der Waals surface area contributed by atoms with Gasteiger partial charge in [0, 0.05) is 19.3 Å². The van der Waals surface area contributed by atoms with Crippen molar-refractivity contribution < 1.29 is 24.6 Å². The molecule has 0 aliphatic carbocycles. The molecule has 3 rings (SSSR count). The molecule has 0 spiro atoms. The number of nitrogens with one attached hydrogen (secondary N) is 1. The number of aliphatic hydroxyl groups excluding tert-OH is 1. The number of thioether (sulfide) groups is 1. The highest BCUT2D eigenvalue weighted by Gasteiger charge is 2.45. The number of nitrogens with zero attached hydrogens (tertiary/aromatic N) is 3. The predicted molar refractivity (Wildman–Crippen MR) is 126 cm³/mol. The van der Waals surface area contributed by atoms with Crippen molar-refractivity contribution in [2.45, 2.75) is 23.1 Å². The summed E-state index contributed by atoms with van der Waals surface area (Å²) in [5.74, 6) is 0.0501. The molecule has 33 heavy (non-hydrogen) atoms. The minimum absolute atomic E-state index is 0.0500. The van der Waals surface area contributed by atoms with Gasteiger partial charge in [0.05, 0.1) is 29.0 Å². The maximum atomic E-state index is 12.7. The molecule has 10 heteroatoms. The summed E-state index contributed by atoms with van der Waals surface area (Å²) in [6.45, 7) is 0.596. The lowest BCUT2D eigenvalue weighted by Gasteiger charge is -2.46. The minimum Gasteiger partial charge on any atom is -0.483 e. The van der Waals surface area contributed by atoms with Gasteiger partial charge < -0.3 is 25.3 Å². The van der Waals surface area contributed by atoms with Gasteiger partial charge in [0.15, 0.2) is 0 Å². The van der Waals surface area contributed by atoms with E-state index in [1.807, 2.05) is 62.6 Å². The number of aliphatic hydroxyl groups is 1. The van der Waals surface area contributed by atoms with Crippen molar-refractivity contribution in [3.63, 3.8) is 0 Å². The van der Waals surface area contributed by atoms with Crippen molar-refractivity contribution in [1.82, 2.24) is 20.1 Å². The molecule has 2 aromatic rings. The number of carbonyl (C=O) groups is 3. The Kier molecular flexibility index (Phi) is 10.3. The number of pyridine rings is 1. The molecule has 0 radical (unpaired) electrons. The van der Waals surface area contributed by atoms with Gasteiger partial charge in [0.1, 0.15) is 0 Å². The first kappa shape index (κ1) is 26.3. The van der Waals surface area contributed by atoms with Gasteiger partial charge in [-0.25, -0.2) is 4.98 Å². The number of hydrogen-bond acceptors (Lipinski definition) is 7. The van der Waals surface area contributed by atoms with Gasteiger partial charge in [-0.05, 0) is 38.2 Å². The van der Waals surface area contributed by atoms with E-state index in [-0.39, 0.29) is 37.1 Å². The molecule has 9 nitrogen and oxygen atoms in total. The van der Waals surface area contributed by atoms with Crippen molar-refractivity contribution in [3.05, 3.63) is 60.3 Å². The quantitative estimate of drug-likeness (QED) is 0.402. The Morgan fingerprint density at radius 3 is 2.48 bits per heavy atom. The van der Waals surface area contributed by atoms with Gasteiger partial charge >= 0.3 is 0 Å². The molecule has 1 aliphatic heterocycles. The van der Waals surface area contributed by atoms with Gasteiger partial charge in [-0.1, -0.05) is 48.2 Å². The second-order valence-corrected chi connectivity index (χ2v) is 8.79. The topological polar surface area (TPSA) is 123 Å². The zero-order valence-electron chi connectivity index (χ0n) is 18.8. The van der Waals surface area contributed by atoms with E-state index in [1.165, 1.54) is 11.8 Å². The van der Waals surface area contributed by atoms with E-state index in [0.717, 1.165) is 10.6 Å². The Hall–Kier alpha value is -2.95. The fourth-order valence-corrected chi connectivity index (χ4v) is 4.45. The third-order valence-electron chi connectivity index (χ3n) is 5.18. The molecule has 1 fully saturated rings. The van der Waals surface area contributed by atoms with Crippen molar-refractivity contribution in [2.75, 3.05) is 39.5 Å². The number of carboxylic acid groups (broad SMARTS) is 1. The first-order valence-electron chi connectivity index (χ1n) is 10.4. The lowest BCUT2D eigenvalue weighted by atomic mass is 9.78. The van der Waals surface area contributed by atoms with Gasteiger partial charge in [-0.3, -0.25) is 14.4 Å². The minimum atomic E-state index is -0.917. The molecule has 2 atom stereocenters. The van der Waals surface area contributed by atoms with Crippen LogP contribution in [0.4, 0.5) is 0 Å². The summed E-state index contributed by atoms with van der Waals surface area (Å²) < 4.78 is 0. The Morgan fingerprint density at radius 2 is 1.91 bits per heavy atom. The average molecular weight is 475 g/mol. The number of benzene rings is 1. The van der Waals surface area contributed by atoms with Crippen LogP contribution in [0.1, 0.15) is 12.0 Å². The zero-order valence-corrected chi connectivity index (χ0v) is 19.6. The van der Waals surface area contributed by atoms with Gasteiger partial charge in [0.25, 0.3) is 6.47 Å². The third-order valence-corrected chi connectivity index (χ3v) is 6.11. The second kappa shape index (κ2) is 12.9. The highest BCUT2D eigenvalue weighted by Crippen LogP contribution is 2.34. The van der Waals surface area contributed by atoms with E-state index in [0.29, 0.717) is 13.0 Å². The van der Waals surface area contributed by atoms with Crippen LogP contribution in [0.25, 0.3) is 0 Å². The monoisotopic (exact) mass is 474 g/mol. The molecule has 0 saturated carbocycles. The van der Waals surface area contributed by atoms with Crippen LogP contribution in [0, 0.1) is 0 Å². The molecule has 0 unspecified atom stereocenters. The number of rotatable bonds is 7. The number of aromatic nitrogens is 1. The lowest BCUT2D eigenvalue weighted by Crippen LogP contribution is -2.63. The van der Waals surface area contributed by atoms with Crippen LogP contribution in [0.5, 0.6) is 0 Å². The Balaban J connectivity index is 0.00000122. The molecule has 3 N–H and O–H groups in total. The molecule has 1 saturated heterocycles. The molecule has 178 valence electrons. The van der Waals surface area contributed by atoms with Gasteiger partial charge in [-0.2, -0.15) is 0 Å². The van der Waals surface area contributed by atoms with Crippen molar-refractivity contribution in [3.8, 4) is 0 Å². The summed E-state index contributed by atoms with van der Waals surface area (Å²) in [6, 6.07) is 15.1. The molecule has 1 aromatic carbocycles. The van der Waals surface area contributed by atoms with Crippen LogP contribution in [-0.2, 0) is 19.9 Å². The fraction of sp³-hybridized carbons (Fsp3) is 0.391. The van der Waals surface area contributed by atoms with Crippen LogP contribution < -0.4 is 5.32 Å². The van der Waals surface area contributed by atoms with Crippen LogP contribution >= 0.6 is 11.8 Å². The molecule has 2 heterocycles. The van der Waals surface area contributed by atoms with E-state index in [4.69, 9.17) is 9.90 Å². The van der Waals surface area contributed by atoms with E-state index in [9.17, 15) is 14.7 Å². The number of carbonyl (C=O) groups excluding carboxylic acids is 2. The summed E-state index contributed by atoms with van der Waals surface area (Å²) >= 11 is 1.38. The summed E-state index contributed by atoms with van der Waals surface area (Å²) in [5.41, 5.74) is -0.0706. The van der Waals surface area contributed by atoms with Crippen LogP contribution in [0.3, 0.4) is 0 Å². The average Bonchev–Trinajstić information content (AvgIpc) is 2.80. The number of likely N-dealkylation sites (tertiary alicyclic amines) is 1. The predicted octanol–water partition coefficient (Wildman–Crippen LogP) is 1.04. The van der Waals surface area contributed by atoms with Crippen LogP contribution in [0.15, 0.2) is 59.8 Å². The summed E-state index contributed by atoms with van der Waals surface area (Å²) in [6.07, 6.45) is 1.22. The Morgan fingerprint density at radius 1 is 1.24 bits per heavy atom. The van der Waals surface area contributed by atoms with Gasteiger partial charge in [0.2, 0.25) is 11.8 Å². The van der Waals surface area contributed by atoms with Crippen LogP contribution in [0.2, 0.25) is 0 Å². The number of amides is 2. The Bertz CT molecular complexity index is 900. The lowest BCUT2D eigenvalue weighted by molar-refractivity contribution is -0.136. The van der Waals surface area contributed by atoms with E-state index in [1.54, 1.807) is 16.0 Å².